The lowest BCUT2D eigenvalue weighted by Gasteiger charge is -2.15. The highest BCUT2D eigenvalue weighted by Crippen LogP contribution is 2.19. The highest BCUT2D eigenvalue weighted by atomic mass is 35.5. The summed E-state index contributed by atoms with van der Waals surface area (Å²) in [5, 5.41) is 3.39. The normalized spacial score (nSPS) is 11.0. The molecule has 0 radical (unpaired) electrons. The van der Waals surface area contributed by atoms with Crippen LogP contribution in [-0.2, 0) is 4.79 Å². The number of carbonyl (C=O) groups excluding carboxylic acids is 1. The molecule has 1 atom stereocenters. The van der Waals surface area contributed by atoms with Crippen LogP contribution in [0.1, 0.15) is 18.2 Å². The number of benzene rings is 2. The number of hydrogen-bond acceptors (Lipinski definition) is 3. The van der Waals surface area contributed by atoms with Crippen LogP contribution in [0.3, 0.4) is 0 Å². The summed E-state index contributed by atoms with van der Waals surface area (Å²) in [5.41, 5.74) is 2.12. The molecular weight excluding hydrogens is 360 g/mol. The third-order valence-corrected chi connectivity index (χ3v) is 3.84. The van der Waals surface area contributed by atoms with Gasteiger partial charge in [0, 0.05) is 22.5 Å². The molecule has 3 rings (SSSR count). The van der Waals surface area contributed by atoms with E-state index < -0.39 is 6.10 Å². The van der Waals surface area contributed by atoms with Crippen LogP contribution in [0.5, 0.6) is 5.75 Å². The molecule has 5 heteroatoms. The molecule has 0 fully saturated rings. The van der Waals surface area contributed by atoms with Crippen LogP contribution < -0.4 is 10.1 Å². The maximum absolute atomic E-state index is 12.4. The Bertz CT molecular complexity index is 994. The van der Waals surface area contributed by atoms with Gasteiger partial charge in [0.2, 0.25) is 0 Å². The molecule has 1 amide bonds. The van der Waals surface area contributed by atoms with Gasteiger partial charge in [-0.2, -0.15) is 0 Å². The highest BCUT2D eigenvalue weighted by molar-refractivity contribution is 6.30. The van der Waals surface area contributed by atoms with Crippen molar-refractivity contribution in [1.82, 2.24) is 4.98 Å². The molecule has 0 bridgehead atoms. The van der Waals surface area contributed by atoms with Crippen molar-refractivity contribution in [3.8, 4) is 17.6 Å². The molecular formula is C22H17ClN2O2. The van der Waals surface area contributed by atoms with Gasteiger partial charge in [0.25, 0.3) is 5.91 Å². The molecule has 0 aliphatic rings. The van der Waals surface area contributed by atoms with E-state index in [-0.39, 0.29) is 5.91 Å². The third-order valence-electron chi connectivity index (χ3n) is 3.61. The summed E-state index contributed by atoms with van der Waals surface area (Å²) in [6.07, 6.45) is 1.02. The second-order valence-electron chi connectivity index (χ2n) is 5.75. The number of hydrogen-bond donors (Lipinski definition) is 1. The molecule has 27 heavy (non-hydrogen) atoms. The predicted octanol–water partition coefficient (Wildman–Crippen LogP) is 4.54. The molecule has 0 saturated heterocycles. The summed E-state index contributed by atoms with van der Waals surface area (Å²) in [6.45, 7) is 1.68. The van der Waals surface area contributed by atoms with Crippen molar-refractivity contribution in [2.45, 2.75) is 13.0 Å². The van der Waals surface area contributed by atoms with Gasteiger partial charge in [-0.15, -0.1) is 0 Å². The maximum Gasteiger partial charge on any atom is 0.265 e. The molecule has 1 aromatic heterocycles. The van der Waals surface area contributed by atoms with Gasteiger partial charge in [-0.3, -0.25) is 4.79 Å². The number of ether oxygens (including phenoxy) is 1. The van der Waals surface area contributed by atoms with Gasteiger partial charge in [0.1, 0.15) is 11.4 Å². The molecule has 0 spiro atoms. The van der Waals surface area contributed by atoms with E-state index in [9.17, 15) is 4.79 Å². The largest absolute Gasteiger partial charge is 0.481 e. The van der Waals surface area contributed by atoms with Crippen LogP contribution in [0.4, 0.5) is 5.69 Å². The fourth-order valence-corrected chi connectivity index (χ4v) is 2.47. The van der Waals surface area contributed by atoms with Gasteiger partial charge in [-0.05, 0) is 61.4 Å². The Labute approximate surface area is 163 Å². The number of amides is 1. The Balaban J connectivity index is 1.65. The Hall–Kier alpha value is -3.29. The van der Waals surface area contributed by atoms with Gasteiger partial charge in [-0.25, -0.2) is 4.98 Å². The Morgan fingerprint density at radius 3 is 2.70 bits per heavy atom. The van der Waals surface area contributed by atoms with Gasteiger partial charge >= 0.3 is 0 Å². The number of nitrogens with one attached hydrogen (secondary N) is 1. The number of pyridine rings is 1. The lowest BCUT2D eigenvalue weighted by atomic mass is 10.2. The van der Waals surface area contributed by atoms with E-state index in [1.807, 2.05) is 30.3 Å². The summed E-state index contributed by atoms with van der Waals surface area (Å²) in [5.74, 6) is 6.31. The smallest absolute Gasteiger partial charge is 0.265 e. The van der Waals surface area contributed by atoms with Crippen molar-refractivity contribution in [2.24, 2.45) is 0 Å². The topological polar surface area (TPSA) is 51.2 Å². The summed E-state index contributed by atoms with van der Waals surface area (Å²) in [6, 6.07) is 19.8. The second-order valence-corrected chi connectivity index (χ2v) is 6.19. The number of halogens is 1. The minimum Gasteiger partial charge on any atom is -0.481 e. The standard InChI is InChI=1S/C22H17ClN2O2/c1-16(27-21-10-5-7-18(23)15-21)22(26)25-20-9-4-6-17(14-20)11-12-19-8-2-3-13-24-19/h2-10,13-16H,1H3,(H,25,26). The van der Waals surface area contributed by atoms with Crippen LogP contribution >= 0.6 is 11.6 Å². The molecule has 0 aliphatic carbocycles. The first kappa shape index (κ1) is 18.5. The first-order valence-corrected chi connectivity index (χ1v) is 8.74. The molecule has 2 aromatic carbocycles. The van der Waals surface area contributed by atoms with Crippen molar-refractivity contribution < 1.29 is 9.53 Å². The lowest BCUT2D eigenvalue weighted by Crippen LogP contribution is -2.30. The minimum absolute atomic E-state index is 0.259. The van der Waals surface area contributed by atoms with E-state index in [1.165, 1.54) is 0 Å². The van der Waals surface area contributed by atoms with Crippen molar-refractivity contribution in [3.63, 3.8) is 0 Å². The first-order valence-electron chi connectivity index (χ1n) is 8.36. The molecule has 0 saturated carbocycles. The average molecular weight is 377 g/mol. The van der Waals surface area contributed by atoms with E-state index in [1.54, 1.807) is 49.5 Å². The van der Waals surface area contributed by atoms with Crippen LogP contribution in [0.15, 0.2) is 72.9 Å². The Morgan fingerprint density at radius 1 is 1.07 bits per heavy atom. The van der Waals surface area contributed by atoms with Gasteiger partial charge < -0.3 is 10.1 Å². The summed E-state index contributed by atoms with van der Waals surface area (Å²) >= 11 is 5.93. The Kier molecular flexibility index (Phi) is 6.09. The van der Waals surface area contributed by atoms with Crippen molar-refractivity contribution >= 4 is 23.2 Å². The molecule has 134 valence electrons. The molecule has 1 unspecified atom stereocenters. The quantitative estimate of drug-likeness (QED) is 0.680. The zero-order chi connectivity index (χ0) is 19.1. The second kappa shape index (κ2) is 8.88. The van der Waals surface area contributed by atoms with Crippen LogP contribution in [0.2, 0.25) is 5.02 Å². The van der Waals surface area contributed by atoms with Crippen LogP contribution in [0, 0.1) is 11.8 Å². The lowest BCUT2D eigenvalue weighted by molar-refractivity contribution is -0.122. The number of aromatic nitrogens is 1. The molecule has 3 aromatic rings. The van der Waals surface area contributed by atoms with Gasteiger partial charge in [0.05, 0.1) is 0 Å². The maximum atomic E-state index is 12.4. The highest BCUT2D eigenvalue weighted by Gasteiger charge is 2.15. The first-order chi connectivity index (χ1) is 13.1. The van der Waals surface area contributed by atoms with E-state index in [0.29, 0.717) is 22.2 Å². The zero-order valence-corrected chi connectivity index (χ0v) is 15.4. The van der Waals surface area contributed by atoms with Gasteiger partial charge in [-0.1, -0.05) is 35.7 Å². The SMILES string of the molecule is CC(Oc1cccc(Cl)c1)C(=O)Nc1cccc(C#Cc2ccccn2)c1. The fraction of sp³-hybridized carbons (Fsp3) is 0.0909. The predicted molar refractivity (Wildman–Crippen MR) is 107 cm³/mol. The number of rotatable bonds is 4. The molecule has 1 heterocycles. The van der Waals surface area contributed by atoms with E-state index in [0.717, 1.165) is 5.56 Å². The van der Waals surface area contributed by atoms with E-state index in [2.05, 4.69) is 22.1 Å². The third kappa shape index (κ3) is 5.60. The fourth-order valence-electron chi connectivity index (χ4n) is 2.29. The van der Waals surface area contributed by atoms with Crippen LogP contribution in [-0.4, -0.2) is 17.0 Å². The van der Waals surface area contributed by atoms with Crippen molar-refractivity contribution in [1.29, 1.82) is 0 Å². The zero-order valence-electron chi connectivity index (χ0n) is 14.6. The van der Waals surface area contributed by atoms with Crippen LogP contribution in [0.25, 0.3) is 0 Å². The van der Waals surface area contributed by atoms with Gasteiger partial charge in [0.15, 0.2) is 6.10 Å². The number of nitrogens with zero attached hydrogens (tertiary/aromatic N) is 1. The summed E-state index contributed by atoms with van der Waals surface area (Å²) in [4.78, 5) is 16.5. The summed E-state index contributed by atoms with van der Waals surface area (Å²) in [7, 11) is 0. The monoisotopic (exact) mass is 376 g/mol. The summed E-state index contributed by atoms with van der Waals surface area (Å²) < 4.78 is 5.63. The van der Waals surface area contributed by atoms with E-state index in [4.69, 9.17) is 16.3 Å². The number of carbonyl (C=O) groups is 1. The van der Waals surface area contributed by atoms with Crippen molar-refractivity contribution in [2.75, 3.05) is 5.32 Å². The number of anilines is 1. The molecule has 4 nitrogen and oxygen atoms in total. The Morgan fingerprint density at radius 2 is 1.93 bits per heavy atom. The molecule has 0 aliphatic heterocycles. The van der Waals surface area contributed by atoms with Crippen molar-refractivity contribution in [3.05, 3.63) is 89.2 Å². The van der Waals surface area contributed by atoms with E-state index >= 15 is 0 Å². The average Bonchev–Trinajstić information content (AvgIpc) is 2.67. The molecule has 1 N–H and O–H groups in total. The minimum atomic E-state index is -0.674.